The molecule has 4 nitrogen and oxygen atoms in total. The normalized spacial score (nSPS) is 18.5. The molecule has 3 aromatic rings. The summed E-state index contributed by atoms with van der Waals surface area (Å²) in [4.78, 5) is 16.1. The van der Waals surface area contributed by atoms with Crippen molar-refractivity contribution in [2.24, 2.45) is 11.1 Å². The molecule has 0 saturated carbocycles. The smallest absolute Gasteiger partial charge is 0.384 e. The number of ketones is 1. The van der Waals surface area contributed by atoms with Crippen molar-refractivity contribution in [3.8, 4) is 6.07 Å². The standard InChI is InChI=1S/C34H31F4N3OS/c1-19-13-20(2)24(14-21(19)18-43-23-11-9-22(35)10-12-23)30-25(17-39)32(40)41(27-8-6-5-7-26(27)34(36,37)38)28-15-33(3,4)16-29(42)31(28)30/h5-14,30H,15-16,18,40H2,1-4H3. The molecule has 3 aromatic carbocycles. The first-order valence-corrected chi connectivity index (χ1v) is 14.8. The van der Waals surface area contributed by atoms with Gasteiger partial charge in [-0.05, 0) is 84.3 Å². The Kier molecular flexibility index (Phi) is 7.95. The first-order chi connectivity index (χ1) is 20.2. The molecule has 0 aromatic heterocycles. The van der Waals surface area contributed by atoms with E-state index in [1.165, 1.54) is 47.0 Å². The molecule has 0 fully saturated rings. The molecule has 0 bridgehead atoms. The van der Waals surface area contributed by atoms with E-state index < -0.39 is 23.1 Å². The van der Waals surface area contributed by atoms with Crippen LogP contribution in [0.5, 0.6) is 0 Å². The number of Topliss-reactive ketones (excluding diaryl/α,β-unsaturated/α-hetero) is 1. The minimum atomic E-state index is -4.68. The summed E-state index contributed by atoms with van der Waals surface area (Å²) in [7, 11) is 0. The van der Waals surface area contributed by atoms with E-state index in [0.29, 0.717) is 29.0 Å². The molecule has 222 valence electrons. The molecule has 5 rings (SSSR count). The molecule has 2 aliphatic rings. The number of carbonyl (C=O) groups is 1. The average Bonchev–Trinajstić information content (AvgIpc) is 2.92. The summed E-state index contributed by atoms with van der Waals surface area (Å²) in [6.45, 7) is 7.67. The minimum absolute atomic E-state index is 0.0351. The largest absolute Gasteiger partial charge is 0.418 e. The molecular weight excluding hydrogens is 574 g/mol. The van der Waals surface area contributed by atoms with Crippen LogP contribution in [0.2, 0.25) is 0 Å². The molecule has 1 aliphatic heterocycles. The van der Waals surface area contributed by atoms with E-state index in [1.807, 2.05) is 39.8 Å². The number of nitrogens with two attached hydrogens (primary N) is 1. The van der Waals surface area contributed by atoms with Crippen molar-refractivity contribution >= 4 is 23.2 Å². The topological polar surface area (TPSA) is 70.1 Å². The van der Waals surface area contributed by atoms with Gasteiger partial charge in [0.05, 0.1) is 28.8 Å². The number of benzene rings is 3. The summed E-state index contributed by atoms with van der Waals surface area (Å²) in [6.07, 6.45) is -4.19. The quantitative estimate of drug-likeness (QED) is 0.233. The van der Waals surface area contributed by atoms with Crippen LogP contribution in [0, 0.1) is 36.4 Å². The minimum Gasteiger partial charge on any atom is -0.384 e. The SMILES string of the molecule is Cc1cc(C)c(C2C(C#N)=C(N)N(c3ccccc3C(F)(F)F)C3=C2C(=O)CC(C)(C)C3)cc1CSc1ccc(F)cc1. The number of para-hydroxylation sites is 1. The number of aryl methyl sites for hydroxylation is 2. The Balaban J connectivity index is 1.70. The van der Waals surface area contributed by atoms with Crippen LogP contribution >= 0.6 is 11.8 Å². The van der Waals surface area contributed by atoms with Crippen LogP contribution < -0.4 is 10.6 Å². The van der Waals surface area contributed by atoms with Gasteiger partial charge in [0, 0.05) is 28.3 Å². The van der Waals surface area contributed by atoms with Crippen LogP contribution in [0.1, 0.15) is 60.4 Å². The molecule has 0 spiro atoms. The van der Waals surface area contributed by atoms with Gasteiger partial charge in [-0.2, -0.15) is 18.4 Å². The van der Waals surface area contributed by atoms with E-state index >= 15 is 0 Å². The fourth-order valence-electron chi connectivity index (χ4n) is 6.08. The Morgan fingerprint density at radius 3 is 2.37 bits per heavy atom. The maximum atomic E-state index is 14.2. The van der Waals surface area contributed by atoms with E-state index in [0.717, 1.165) is 27.7 Å². The monoisotopic (exact) mass is 605 g/mol. The Morgan fingerprint density at radius 1 is 1.05 bits per heavy atom. The maximum Gasteiger partial charge on any atom is 0.418 e. The third kappa shape index (κ3) is 5.81. The molecule has 1 heterocycles. The Hall–Kier alpha value is -4.03. The second-order valence-electron chi connectivity index (χ2n) is 11.9. The Labute approximate surface area is 252 Å². The number of nitriles is 1. The van der Waals surface area contributed by atoms with Crippen molar-refractivity contribution in [3.05, 3.63) is 117 Å². The van der Waals surface area contributed by atoms with Crippen molar-refractivity contribution in [3.63, 3.8) is 0 Å². The third-order valence-corrected chi connectivity index (χ3v) is 9.14. The van der Waals surface area contributed by atoms with E-state index in [9.17, 15) is 27.6 Å². The van der Waals surface area contributed by atoms with Gasteiger partial charge in [0.2, 0.25) is 0 Å². The van der Waals surface area contributed by atoms with Gasteiger partial charge in [0.15, 0.2) is 5.78 Å². The number of thioether (sulfide) groups is 1. The lowest BCUT2D eigenvalue weighted by atomic mass is 9.68. The third-order valence-electron chi connectivity index (χ3n) is 8.07. The van der Waals surface area contributed by atoms with E-state index in [1.54, 1.807) is 12.1 Å². The first-order valence-electron chi connectivity index (χ1n) is 13.8. The van der Waals surface area contributed by atoms with Gasteiger partial charge < -0.3 is 5.73 Å². The highest BCUT2D eigenvalue weighted by atomic mass is 32.2. The van der Waals surface area contributed by atoms with Crippen molar-refractivity contribution in [2.45, 2.75) is 63.3 Å². The highest BCUT2D eigenvalue weighted by molar-refractivity contribution is 7.98. The zero-order valence-corrected chi connectivity index (χ0v) is 25.1. The van der Waals surface area contributed by atoms with Crippen molar-refractivity contribution < 1.29 is 22.4 Å². The van der Waals surface area contributed by atoms with Gasteiger partial charge in [-0.1, -0.05) is 38.1 Å². The molecular formula is C34H31F4N3OS. The number of nitrogens with zero attached hydrogens (tertiary/aromatic N) is 2. The summed E-state index contributed by atoms with van der Waals surface area (Å²) in [5.74, 6) is -0.923. The second kappa shape index (κ2) is 11.2. The lowest BCUT2D eigenvalue weighted by Crippen LogP contribution is -2.42. The summed E-state index contributed by atoms with van der Waals surface area (Å²) in [6, 6.07) is 17.4. The summed E-state index contributed by atoms with van der Waals surface area (Å²) < 4.78 is 56.0. The number of hydrogen-bond acceptors (Lipinski definition) is 5. The van der Waals surface area contributed by atoms with Crippen LogP contribution in [-0.2, 0) is 16.7 Å². The lowest BCUT2D eigenvalue weighted by molar-refractivity contribution is -0.137. The molecule has 0 saturated heterocycles. The number of rotatable bonds is 5. The number of anilines is 1. The summed E-state index contributed by atoms with van der Waals surface area (Å²) >= 11 is 1.53. The molecule has 1 aliphatic carbocycles. The molecule has 1 atom stereocenters. The fourth-order valence-corrected chi connectivity index (χ4v) is 7.04. The van der Waals surface area contributed by atoms with Crippen LogP contribution in [0.4, 0.5) is 23.2 Å². The summed E-state index contributed by atoms with van der Waals surface area (Å²) in [5.41, 5.74) is 9.26. The van der Waals surface area contributed by atoms with Crippen molar-refractivity contribution in [1.29, 1.82) is 5.26 Å². The van der Waals surface area contributed by atoms with E-state index in [4.69, 9.17) is 5.73 Å². The zero-order valence-electron chi connectivity index (χ0n) is 24.3. The van der Waals surface area contributed by atoms with Crippen LogP contribution in [-0.4, -0.2) is 5.78 Å². The van der Waals surface area contributed by atoms with Gasteiger partial charge >= 0.3 is 6.18 Å². The molecule has 1 unspecified atom stereocenters. The highest BCUT2D eigenvalue weighted by Gasteiger charge is 2.46. The predicted octanol–water partition coefficient (Wildman–Crippen LogP) is 8.69. The molecule has 2 N–H and O–H groups in total. The number of carbonyl (C=O) groups excluding carboxylic acids is 1. The maximum absolute atomic E-state index is 14.2. The number of alkyl halides is 3. The van der Waals surface area contributed by atoms with Gasteiger partial charge in [0.1, 0.15) is 11.6 Å². The van der Waals surface area contributed by atoms with Gasteiger partial charge in [0.25, 0.3) is 0 Å². The molecule has 43 heavy (non-hydrogen) atoms. The number of hydrogen-bond donors (Lipinski definition) is 1. The molecule has 0 radical (unpaired) electrons. The van der Waals surface area contributed by atoms with Gasteiger partial charge in [-0.25, -0.2) is 4.39 Å². The Morgan fingerprint density at radius 2 is 1.72 bits per heavy atom. The second-order valence-corrected chi connectivity index (χ2v) is 12.9. The van der Waals surface area contributed by atoms with Crippen LogP contribution in [0.15, 0.2) is 88.2 Å². The van der Waals surface area contributed by atoms with E-state index in [-0.39, 0.29) is 35.1 Å². The average molecular weight is 606 g/mol. The fraction of sp³-hybridized carbons (Fsp3) is 0.294. The Bertz CT molecular complexity index is 1710. The summed E-state index contributed by atoms with van der Waals surface area (Å²) in [5, 5.41) is 10.5. The van der Waals surface area contributed by atoms with Crippen LogP contribution in [0.25, 0.3) is 0 Å². The number of halogens is 4. The lowest BCUT2D eigenvalue weighted by Gasteiger charge is -2.44. The zero-order chi connectivity index (χ0) is 31.3. The highest BCUT2D eigenvalue weighted by Crippen LogP contribution is 2.52. The van der Waals surface area contributed by atoms with Crippen molar-refractivity contribution in [2.75, 3.05) is 4.90 Å². The van der Waals surface area contributed by atoms with Crippen LogP contribution in [0.3, 0.4) is 0 Å². The predicted molar refractivity (Wildman–Crippen MR) is 160 cm³/mol. The molecule has 0 amide bonds. The first kappa shape index (κ1) is 30.4. The van der Waals surface area contributed by atoms with Gasteiger partial charge in [-0.3, -0.25) is 9.69 Å². The number of allylic oxidation sites excluding steroid dienone is 3. The molecule has 9 heteroatoms. The van der Waals surface area contributed by atoms with E-state index in [2.05, 4.69) is 6.07 Å². The van der Waals surface area contributed by atoms with Gasteiger partial charge in [-0.15, -0.1) is 11.8 Å². The van der Waals surface area contributed by atoms with Crippen molar-refractivity contribution in [1.82, 2.24) is 0 Å².